The van der Waals surface area contributed by atoms with Crippen molar-refractivity contribution in [1.82, 2.24) is 14.9 Å². The Labute approximate surface area is 112 Å². The summed E-state index contributed by atoms with van der Waals surface area (Å²) < 4.78 is 0. The first-order valence-corrected chi connectivity index (χ1v) is 5.88. The topological polar surface area (TPSA) is 96.2 Å². The maximum atomic E-state index is 11.1. The minimum atomic E-state index is -0.489. The summed E-state index contributed by atoms with van der Waals surface area (Å²) in [6, 6.07) is 0. The van der Waals surface area contributed by atoms with Crippen molar-refractivity contribution in [2.24, 2.45) is 0 Å². The molecule has 0 radical (unpaired) electrons. The SMILES string of the molecule is CNc1ncnc(NCC(C)(C)N(C)C)c1[N+](=O)[O-]. The van der Waals surface area contributed by atoms with Crippen molar-refractivity contribution in [2.75, 3.05) is 38.3 Å². The molecule has 19 heavy (non-hydrogen) atoms. The van der Waals surface area contributed by atoms with Gasteiger partial charge < -0.3 is 15.5 Å². The number of hydrogen-bond acceptors (Lipinski definition) is 7. The molecule has 2 N–H and O–H groups in total. The van der Waals surface area contributed by atoms with Gasteiger partial charge in [-0.2, -0.15) is 0 Å². The van der Waals surface area contributed by atoms with Crippen LogP contribution >= 0.6 is 0 Å². The van der Waals surface area contributed by atoms with E-state index >= 15 is 0 Å². The molecule has 106 valence electrons. The molecule has 0 spiro atoms. The van der Waals surface area contributed by atoms with Gasteiger partial charge in [-0.1, -0.05) is 0 Å². The quantitative estimate of drug-likeness (QED) is 0.590. The van der Waals surface area contributed by atoms with E-state index in [2.05, 4.69) is 20.6 Å². The fraction of sp³-hybridized carbons (Fsp3) is 0.636. The van der Waals surface area contributed by atoms with Crippen LogP contribution in [0.5, 0.6) is 0 Å². The highest BCUT2D eigenvalue weighted by molar-refractivity contribution is 5.69. The molecule has 8 heteroatoms. The molecule has 1 aromatic rings. The Morgan fingerprint density at radius 2 is 1.95 bits per heavy atom. The molecule has 0 unspecified atom stereocenters. The summed E-state index contributed by atoms with van der Waals surface area (Å²) in [5.41, 5.74) is -0.293. The zero-order valence-corrected chi connectivity index (χ0v) is 11.9. The maximum absolute atomic E-state index is 11.1. The molecule has 0 bridgehead atoms. The molecule has 1 heterocycles. The molecule has 0 saturated carbocycles. The molecule has 8 nitrogen and oxygen atoms in total. The van der Waals surface area contributed by atoms with Gasteiger partial charge in [0.15, 0.2) is 0 Å². The molecule has 0 aliphatic heterocycles. The number of hydrogen-bond donors (Lipinski definition) is 2. The Kier molecular flexibility index (Phi) is 4.60. The first kappa shape index (κ1) is 15.1. The Bertz CT molecular complexity index is 460. The Morgan fingerprint density at radius 3 is 2.42 bits per heavy atom. The number of nitrogens with one attached hydrogen (secondary N) is 2. The van der Waals surface area contributed by atoms with Crippen molar-refractivity contribution in [2.45, 2.75) is 19.4 Å². The number of likely N-dealkylation sites (N-methyl/N-ethyl adjacent to an activating group) is 1. The van der Waals surface area contributed by atoms with E-state index in [1.54, 1.807) is 7.05 Å². The minimum absolute atomic E-state index is 0.139. The average Bonchev–Trinajstić information content (AvgIpc) is 2.35. The fourth-order valence-electron chi connectivity index (χ4n) is 1.32. The molecule has 0 aliphatic carbocycles. The van der Waals surface area contributed by atoms with Gasteiger partial charge in [-0.25, -0.2) is 9.97 Å². The van der Waals surface area contributed by atoms with Gasteiger partial charge in [-0.05, 0) is 27.9 Å². The standard InChI is InChI=1S/C11H20N6O2/c1-11(2,16(4)5)6-13-10-8(17(18)19)9(12-3)14-7-15-10/h7H,6H2,1-5H3,(H2,12,13,14,15). The Morgan fingerprint density at radius 1 is 1.37 bits per heavy atom. The van der Waals surface area contributed by atoms with Crippen molar-refractivity contribution in [3.63, 3.8) is 0 Å². The van der Waals surface area contributed by atoms with Crippen LogP contribution in [-0.4, -0.2) is 53.0 Å². The van der Waals surface area contributed by atoms with Crippen LogP contribution in [0.15, 0.2) is 6.33 Å². The molecule has 0 fully saturated rings. The van der Waals surface area contributed by atoms with Crippen LogP contribution in [0.25, 0.3) is 0 Å². The molecule has 0 atom stereocenters. The van der Waals surface area contributed by atoms with E-state index in [-0.39, 0.29) is 22.9 Å². The van der Waals surface area contributed by atoms with Gasteiger partial charge in [0.1, 0.15) is 6.33 Å². The molecule has 1 rings (SSSR count). The summed E-state index contributed by atoms with van der Waals surface area (Å²) in [7, 11) is 5.49. The lowest BCUT2D eigenvalue weighted by molar-refractivity contribution is -0.383. The first-order valence-electron chi connectivity index (χ1n) is 5.88. The number of nitrogens with zero attached hydrogens (tertiary/aromatic N) is 4. The summed E-state index contributed by atoms with van der Waals surface area (Å²) >= 11 is 0. The zero-order chi connectivity index (χ0) is 14.6. The smallest absolute Gasteiger partial charge is 0.353 e. The van der Waals surface area contributed by atoms with Crippen LogP contribution < -0.4 is 10.6 Å². The van der Waals surface area contributed by atoms with E-state index in [9.17, 15) is 10.1 Å². The predicted molar refractivity (Wildman–Crippen MR) is 74.5 cm³/mol. The fourth-order valence-corrected chi connectivity index (χ4v) is 1.32. The summed E-state index contributed by atoms with van der Waals surface area (Å²) in [5, 5.41) is 16.8. The van der Waals surface area contributed by atoms with Crippen LogP contribution in [0.2, 0.25) is 0 Å². The first-order chi connectivity index (χ1) is 8.79. The van der Waals surface area contributed by atoms with Crippen LogP contribution in [0.3, 0.4) is 0 Å². The third-order valence-corrected chi connectivity index (χ3v) is 3.14. The van der Waals surface area contributed by atoms with Crippen LogP contribution in [0.4, 0.5) is 17.3 Å². The van der Waals surface area contributed by atoms with Crippen LogP contribution in [0, 0.1) is 10.1 Å². The molecule has 0 aliphatic rings. The van der Waals surface area contributed by atoms with Gasteiger partial charge in [-0.3, -0.25) is 10.1 Å². The highest BCUT2D eigenvalue weighted by Crippen LogP contribution is 2.28. The van der Waals surface area contributed by atoms with E-state index in [1.165, 1.54) is 6.33 Å². The summed E-state index contributed by atoms with van der Waals surface area (Å²) in [6.07, 6.45) is 1.30. The van der Waals surface area contributed by atoms with Gasteiger partial charge in [0.25, 0.3) is 0 Å². The number of aromatic nitrogens is 2. The van der Waals surface area contributed by atoms with Crippen molar-refractivity contribution in [1.29, 1.82) is 0 Å². The van der Waals surface area contributed by atoms with Gasteiger partial charge in [-0.15, -0.1) is 0 Å². The normalized spacial score (nSPS) is 11.5. The summed E-state index contributed by atoms with van der Waals surface area (Å²) in [5.74, 6) is 0.421. The second kappa shape index (κ2) is 5.79. The van der Waals surface area contributed by atoms with E-state index < -0.39 is 4.92 Å². The second-order valence-electron chi connectivity index (χ2n) is 4.99. The van der Waals surface area contributed by atoms with E-state index in [0.717, 1.165) is 0 Å². The molecular weight excluding hydrogens is 248 g/mol. The van der Waals surface area contributed by atoms with E-state index in [0.29, 0.717) is 6.54 Å². The van der Waals surface area contributed by atoms with E-state index in [4.69, 9.17) is 0 Å². The zero-order valence-electron chi connectivity index (χ0n) is 11.9. The van der Waals surface area contributed by atoms with Gasteiger partial charge in [0, 0.05) is 19.1 Å². The lowest BCUT2D eigenvalue weighted by Crippen LogP contribution is -2.44. The summed E-state index contributed by atoms with van der Waals surface area (Å²) in [4.78, 5) is 20.4. The molecule has 0 amide bonds. The van der Waals surface area contributed by atoms with Crippen molar-refractivity contribution < 1.29 is 4.92 Å². The lowest BCUT2D eigenvalue weighted by Gasteiger charge is -2.32. The third kappa shape index (κ3) is 3.50. The summed E-state index contributed by atoms with van der Waals surface area (Å²) in [6.45, 7) is 4.60. The largest absolute Gasteiger partial charge is 0.367 e. The third-order valence-electron chi connectivity index (χ3n) is 3.14. The van der Waals surface area contributed by atoms with Gasteiger partial charge in [0.2, 0.25) is 11.6 Å². The lowest BCUT2D eigenvalue weighted by atomic mass is 10.0. The molecule has 1 aromatic heterocycles. The Balaban J connectivity index is 2.99. The van der Waals surface area contributed by atoms with Crippen molar-refractivity contribution >= 4 is 17.3 Å². The number of anilines is 2. The van der Waals surface area contributed by atoms with Crippen molar-refractivity contribution in [3.8, 4) is 0 Å². The second-order valence-corrected chi connectivity index (χ2v) is 4.99. The average molecular weight is 268 g/mol. The highest BCUT2D eigenvalue weighted by Gasteiger charge is 2.25. The van der Waals surface area contributed by atoms with Gasteiger partial charge in [0.05, 0.1) is 4.92 Å². The minimum Gasteiger partial charge on any atom is -0.367 e. The maximum Gasteiger partial charge on any atom is 0.353 e. The number of rotatable bonds is 6. The van der Waals surface area contributed by atoms with Crippen LogP contribution in [-0.2, 0) is 0 Å². The molecule has 0 saturated heterocycles. The van der Waals surface area contributed by atoms with Crippen molar-refractivity contribution in [3.05, 3.63) is 16.4 Å². The predicted octanol–water partition coefficient (Wildman–Crippen LogP) is 1.18. The van der Waals surface area contributed by atoms with Crippen LogP contribution in [0.1, 0.15) is 13.8 Å². The Hall–Kier alpha value is -1.96. The molecular formula is C11H20N6O2. The van der Waals surface area contributed by atoms with Gasteiger partial charge >= 0.3 is 5.69 Å². The monoisotopic (exact) mass is 268 g/mol. The highest BCUT2D eigenvalue weighted by atomic mass is 16.6. The number of nitro groups is 1. The molecule has 0 aromatic carbocycles. The van der Waals surface area contributed by atoms with E-state index in [1.807, 2.05) is 32.8 Å².